The van der Waals surface area contributed by atoms with Crippen LogP contribution in [0.3, 0.4) is 0 Å². The first-order chi connectivity index (χ1) is 18.7. The highest BCUT2D eigenvalue weighted by atomic mass is 32.2. The molecule has 0 atom stereocenters. The van der Waals surface area contributed by atoms with Crippen LogP contribution in [0.2, 0.25) is 0 Å². The van der Waals surface area contributed by atoms with E-state index >= 15 is 0 Å². The molecule has 8 nitrogen and oxygen atoms in total. The first-order valence-corrected chi connectivity index (χ1v) is 13.6. The summed E-state index contributed by atoms with van der Waals surface area (Å²) in [6, 6.07) is 25.5. The Balaban J connectivity index is 1.25. The molecule has 3 aromatic heterocycles. The molecule has 0 saturated carbocycles. The van der Waals surface area contributed by atoms with Crippen LogP contribution < -0.4 is 10.1 Å². The van der Waals surface area contributed by atoms with Crippen molar-refractivity contribution in [1.29, 1.82) is 0 Å². The molecular formula is C28H21N5O3S2. The molecule has 10 heteroatoms. The summed E-state index contributed by atoms with van der Waals surface area (Å²) >= 11 is 2.66. The maximum Gasteiger partial charge on any atom is 0.236 e. The van der Waals surface area contributed by atoms with E-state index in [1.807, 2.05) is 70.6 Å². The lowest BCUT2D eigenvalue weighted by Gasteiger charge is -2.12. The lowest BCUT2D eigenvalue weighted by atomic mass is 10.1. The number of amides is 1. The molecule has 38 heavy (non-hydrogen) atoms. The van der Waals surface area contributed by atoms with Crippen LogP contribution in [-0.2, 0) is 4.79 Å². The van der Waals surface area contributed by atoms with Crippen LogP contribution in [0.1, 0.15) is 0 Å². The van der Waals surface area contributed by atoms with Crippen molar-refractivity contribution < 1.29 is 13.9 Å². The molecule has 6 aromatic rings. The van der Waals surface area contributed by atoms with Crippen molar-refractivity contribution in [3.8, 4) is 34.3 Å². The van der Waals surface area contributed by atoms with Crippen LogP contribution in [0.25, 0.3) is 39.3 Å². The second-order valence-electron chi connectivity index (χ2n) is 8.19. The topological polar surface area (TPSA) is 95.1 Å². The number of carbonyl (C=O) groups is 1. The third-order valence-corrected chi connectivity index (χ3v) is 7.53. The zero-order valence-electron chi connectivity index (χ0n) is 20.2. The Bertz CT molecular complexity index is 1720. The SMILES string of the molecule is COc1ccccc1-c1csc(NC(=O)CSc2nnc(-c3ccco3)n2-c2cccc3ccccc23)n1. The molecule has 0 aliphatic carbocycles. The molecule has 0 spiro atoms. The standard InChI is InChI=1S/C28H21N5O3S2/c1-35-23-13-5-4-11-20(23)21-16-37-27(29-21)30-25(34)17-38-28-32-31-26(24-14-7-15-36-24)33(28)22-12-6-9-18-8-2-3-10-19(18)22/h2-16H,17H2,1H3,(H,29,30,34). The van der Waals surface area contributed by atoms with E-state index in [0.29, 0.717) is 21.9 Å². The predicted molar refractivity (Wildman–Crippen MR) is 150 cm³/mol. The number of furan rings is 1. The van der Waals surface area contributed by atoms with E-state index in [0.717, 1.165) is 33.5 Å². The van der Waals surface area contributed by atoms with Gasteiger partial charge >= 0.3 is 0 Å². The minimum absolute atomic E-state index is 0.130. The Morgan fingerprint density at radius 3 is 2.74 bits per heavy atom. The number of anilines is 1. The maximum absolute atomic E-state index is 12.9. The molecule has 1 amide bonds. The Morgan fingerprint density at radius 2 is 1.87 bits per heavy atom. The molecule has 0 aliphatic rings. The van der Waals surface area contributed by atoms with Gasteiger partial charge in [0.05, 0.1) is 30.5 Å². The van der Waals surface area contributed by atoms with Crippen LogP contribution >= 0.6 is 23.1 Å². The molecule has 6 rings (SSSR count). The molecule has 0 unspecified atom stereocenters. The smallest absolute Gasteiger partial charge is 0.236 e. The van der Waals surface area contributed by atoms with E-state index in [2.05, 4.69) is 38.7 Å². The van der Waals surface area contributed by atoms with Crippen molar-refractivity contribution in [3.63, 3.8) is 0 Å². The number of fused-ring (bicyclic) bond motifs is 1. The summed E-state index contributed by atoms with van der Waals surface area (Å²) in [5, 5.41) is 16.8. The number of hydrogen-bond donors (Lipinski definition) is 1. The number of ether oxygens (including phenoxy) is 1. The van der Waals surface area contributed by atoms with Crippen molar-refractivity contribution in [2.45, 2.75) is 5.16 Å². The van der Waals surface area contributed by atoms with Gasteiger partial charge in [0.2, 0.25) is 11.7 Å². The lowest BCUT2D eigenvalue weighted by Crippen LogP contribution is -2.14. The van der Waals surface area contributed by atoms with Gasteiger partial charge in [-0.05, 0) is 35.7 Å². The van der Waals surface area contributed by atoms with Gasteiger partial charge in [-0.25, -0.2) is 4.98 Å². The molecule has 0 fully saturated rings. The monoisotopic (exact) mass is 539 g/mol. The molecule has 0 radical (unpaired) electrons. The third kappa shape index (κ3) is 4.67. The fourth-order valence-electron chi connectivity index (χ4n) is 4.15. The van der Waals surface area contributed by atoms with Crippen molar-refractivity contribution >= 4 is 44.9 Å². The number of rotatable bonds is 8. The summed E-state index contributed by atoms with van der Waals surface area (Å²) in [6.07, 6.45) is 1.60. The quantitative estimate of drug-likeness (QED) is 0.219. The molecule has 3 heterocycles. The highest BCUT2D eigenvalue weighted by Gasteiger charge is 2.21. The molecular weight excluding hydrogens is 518 g/mol. The van der Waals surface area contributed by atoms with E-state index in [9.17, 15) is 4.79 Å². The third-order valence-electron chi connectivity index (χ3n) is 5.85. The van der Waals surface area contributed by atoms with E-state index in [1.165, 1.54) is 23.1 Å². The van der Waals surface area contributed by atoms with Gasteiger partial charge < -0.3 is 14.5 Å². The summed E-state index contributed by atoms with van der Waals surface area (Å²) in [6.45, 7) is 0. The van der Waals surface area contributed by atoms with Gasteiger partial charge in [-0.3, -0.25) is 9.36 Å². The summed E-state index contributed by atoms with van der Waals surface area (Å²) < 4.78 is 13.0. The van der Waals surface area contributed by atoms with Crippen molar-refractivity contribution in [2.75, 3.05) is 18.2 Å². The highest BCUT2D eigenvalue weighted by Crippen LogP contribution is 2.33. The Labute approximate surface area is 226 Å². The van der Waals surface area contributed by atoms with E-state index in [1.54, 1.807) is 13.4 Å². The van der Waals surface area contributed by atoms with Crippen molar-refractivity contribution in [1.82, 2.24) is 19.7 Å². The normalized spacial score (nSPS) is 11.1. The summed E-state index contributed by atoms with van der Waals surface area (Å²) in [5.41, 5.74) is 2.52. The van der Waals surface area contributed by atoms with Gasteiger partial charge in [-0.2, -0.15) is 0 Å². The molecule has 0 bridgehead atoms. The van der Waals surface area contributed by atoms with E-state index < -0.39 is 0 Å². The van der Waals surface area contributed by atoms with Gasteiger partial charge in [-0.15, -0.1) is 21.5 Å². The zero-order valence-corrected chi connectivity index (χ0v) is 21.8. The van der Waals surface area contributed by atoms with Gasteiger partial charge in [-0.1, -0.05) is 60.3 Å². The molecule has 188 valence electrons. The first-order valence-electron chi connectivity index (χ1n) is 11.7. The number of methoxy groups -OCH3 is 1. The zero-order chi connectivity index (χ0) is 25.9. The first kappa shape index (κ1) is 24.0. The van der Waals surface area contributed by atoms with Crippen LogP contribution in [0.4, 0.5) is 5.13 Å². The van der Waals surface area contributed by atoms with Gasteiger partial charge in [0.15, 0.2) is 16.0 Å². The van der Waals surface area contributed by atoms with Gasteiger partial charge in [0.25, 0.3) is 0 Å². The van der Waals surface area contributed by atoms with Crippen molar-refractivity contribution in [2.24, 2.45) is 0 Å². The van der Waals surface area contributed by atoms with E-state index in [4.69, 9.17) is 9.15 Å². The molecule has 1 N–H and O–H groups in total. The number of carbonyl (C=O) groups excluding carboxylic acids is 1. The van der Waals surface area contributed by atoms with E-state index in [-0.39, 0.29) is 11.7 Å². The number of nitrogens with zero attached hydrogens (tertiary/aromatic N) is 4. The van der Waals surface area contributed by atoms with Crippen LogP contribution in [0.15, 0.2) is 100 Å². The summed E-state index contributed by atoms with van der Waals surface area (Å²) in [5.74, 6) is 1.82. The minimum atomic E-state index is -0.192. The number of thiazole rings is 1. The fraction of sp³-hybridized carbons (Fsp3) is 0.0714. The fourth-order valence-corrected chi connectivity index (χ4v) is 5.62. The Morgan fingerprint density at radius 1 is 1.03 bits per heavy atom. The number of hydrogen-bond acceptors (Lipinski definition) is 8. The van der Waals surface area contributed by atoms with Crippen molar-refractivity contribution in [3.05, 3.63) is 90.5 Å². The predicted octanol–water partition coefficient (Wildman–Crippen LogP) is 6.54. The number of aromatic nitrogens is 4. The number of benzene rings is 3. The number of nitrogens with one attached hydrogen (secondary N) is 1. The van der Waals surface area contributed by atoms with Crippen LogP contribution in [-0.4, -0.2) is 38.5 Å². The number of para-hydroxylation sites is 1. The highest BCUT2D eigenvalue weighted by molar-refractivity contribution is 7.99. The van der Waals surface area contributed by atoms with Gasteiger partial charge in [0, 0.05) is 16.3 Å². The molecule has 0 aliphatic heterocycles. The summed E-state index contributed by atoms with van der Waals surface area (Å²) in [7, 11) is 1.62. The Hall–Kier alpha value is -4.41. The average molecular weight is 540 g/mol. The maximum atomic E-state index is 12.9. The minimum Gasteiger partial charge on any atom is -0.496 e. The molecule has 3 aromatic carbocycles. The van der Waals surface area contributed by atoms with Crippen LogP contribution in [0.5, 0.6) is 5.75 Å². The second-order valence-corrected chi connectivity index (χ2v) is 9.99. The van der Waals surface area contributed by atoms with Gasteiger partial charge in [0.1, 0.15) is 5.75 Å². The summed E-state index contributed by atoms with van der Waals surface area (Å²) in [4.78, 5) is 17.5. The molecule has 0 saturated heterocycles. The van der Waals surface area contributed by atoms with Crippen LogP contribution in [0, 0.1) is 0 Å². The Kier molecular flexibility index (Phi) is 6.63. The average Bonchev–Trinajstić information content (AvgIpc) is 3.73. The lowest BCUT2D eigenvalue weighted by molar-refractivity contribution is -0.113. The second kappa shape index (κ2) is 10.5. The largest absolute Gasteiger partial charge is 0.496 e. The number of thioether (sulfide) groups is 1.